The predicted octanol–water partition coefficient (Wildman–Crippen LogP) is 3.78. The number of fused-ring (bicyclic) bond motifs is 2. The number of piperidine rings is 2. The Morgan fingerprint density at radius 2 is 1.77 bits per heavy atom. The summed E-state index contributed by atoms with van der Waals surface area (Å²) in [6, 6.07) is 10.9. The van der Waals surface area contributed by atoms with Crippen molar-refractivity contribution < 1.29 is 28.7 Å². The van der Waals surface area contributed by atoms with E-state index in [-0.39, 0.29) is 72.9 Å². The molecule has 2 atom stereocenters. The van der Waals surface area contributed by atoms with Crippen molar-refractivity contribution >= 4 is 69.4 Å². The molecule has 4 amide bonds. The van der Waals surface area contributed by atoms with Crippen LogP contribution in [0.4, 0.5) is 23.3 Å². The number of nitrogens with zero attached hydrogens (tertiary/aromatic N) is 8. The Hall–Kier alpha value is -5.85. The van der Waals surface area contributed by atoms with Gasteiger partial charge in [0.15, 0.2) is 18.2 Å². The number of hydrogen-bond donors (Lipinski definition) is 3. The first-order valence-corrected chi connectivity index (χ1v) is 22.6. The standard InChI is InChI=1S/C45H54ClN11O7/c1-25(2)57-35-7-5-28(17-27(35)18-37(44(57)62)63-24-40(59)47-4)49-41-33(46)21-48-45(52-41)53-13-11-30(12-14-53)64-31-19-29(20-31)54-15-16-55(26(3)22-54)38-9-6-32-34(50-38)23-56(43(32)61)36-8-10-39(58)51-42(36)60/h5-7,9,17-18,21,25-26,29-31,36H,8,10-16,19-20,22-24H2,1-4H3,(H,47,59)(H,48,49,52)(H,51,58,60)/t26-,29-,31-,36?/m0/s1. The molecule has 1 aliphatic carbocycles. The second-order valence-electron chi connectivity index (χ2n) is 17.7. The lowest BCUT2D eigenvalue weighted by molar-refractivity contribution is -0.137. The number of pyridine rings is 2. The molecular weight excluding hydrogens is 842 g/mol. The average molecular weight is 896 g/mol. The van der Waals surface area contributed by atoms with Crippen LogP contribution in [0.25, 0.3) is 10.9 Å². The Morgan fingerprint density at radius 3 is 2.50 bits per heavy atom. The number of hydrogen-bond acceptors (Lipinski definition) is 14. The van der Waals surface area contributed by atoms with Gasteiger partial charge in [0.1, 0.15) is 16.9 Å². The maximum absolute atomic E-state index is 13.2. The SMILES string of the molecule is CNC(=O)COc1cc2cc(Nc3nc(N4CCC(O[C@H]5C[C@H](N6CCN(c7ccc8c(n7)CN(C7CCC(=O)NC7=O)C8=O)[C@@H](C)C6)C5)CC4)ncc3Cl)ccc2n(C(C)C)c1=O. The molecule has 0 radical (unpaired) electrons. The lowest BCUT2D eigenvalue weighted by Crippen LogP contribution is -2.59. The number of anilines is 4. The zero-order valence-corrected chi connectivity index (χ0v) is 37.3. The molecule has 0 spiro atoms. The summed E-state index contributed by atoms with van der Waals surface area (Å²) in [6.07, 6.45) is 6.29. The van der Waals surface area contributed by atoms with Crippen LogP contribution in [0.15, 0.2) is 47.4 Å². The summed E-state index contributed by atoms with van der Waals surface area (Å²) in [5.74, 6) is 0.714. The minimum atomic E-state index is -0.656. The maximum Gasteiger partial charge on any atom is 0.293 e. The van der Waals surface area contributed by atoms with Crippen LogP contribution in [0.3, 0.4) is 0 Å². The van der Waals surface area contributed by atoms with Gasteiger partial charge in [-0.15, -0.1) is 0 Å². The molecule has 4 aliphatic heterocycles. The Labute approximate surface area is 375 Å². The molecule has 0 bridgehead atoms. The van der Waals surface area contributed by atoms with E-state index in [1.54, 1.807) is 21.7 Å². The fraction of sp³-hybridized carbons (Fsp3) is 0.511. The topological polar surface area (TPSA) is 196 Å². The van der Waals surface area contributed by atoms with Gasteiger partial charge in [0.2, 0.25) is 17.8 Å². The van der Waals surface area contributed by atoms with Crippen LogP contribution in [0.1, 0.15) is 81.4 Å². The van der Waals surface area contributed by atoms with E-state index < -0.39 is 11.9 Å². The third kappa shape index (κ3) is 8.69. The molecule has 64 heavy (non-hydrogen) atoms. The molecule has 1 saturated carbocycles. The highest BCUT2D eigenvalue weighted by atomic mass is 35.5. The normalized spacial score (nSPS) is 23.0. The van der Waals surface area contributed by atoms with Gasteiger partial charge < -0.3 is 39.4 Å². The molecule has 3 N–H and O–H groups in total. The largest absolute Gasteiger partial charge is 0.478 e. The number of imide groups is 1. The third-order valence-corrected chi connectivity index (χ3v) is 13.4. The number of carbonyl (C=O) groups is 4. The number of amides is 4. The minimum Gasteiger partial charge on any atom is -0.478 e. The molecule has 4 fully saturated rings. The quantitative estimate of drug-likeness (QED) is 0.174. The monoisotopic (exact) mass is 895 g/mol. The fourth-order valence-corrected chi connectivity index (χ4v) is 9.76. The van der Waals surface area contributed by atoms with Crippen molar-refractivity contribution in [1.29, 1.82) is 0 Å². The van der Waals surface area contributed by atoms with E-state index in [1.165, 1.54) is 7.05 Å². The first-order valence-electron chi connectivity index (χ1n) is 22.2. The van der Waals surface area contributed by atoms with E-state index in [1.807, 2.05) is 44.2 Å². The summed E-state index contributed by atoms with van der Waals surface area (Å²) in [6.45, 7) is 10.2. The maximum atomic E-state index is 13.2. The van der Waals surface area contributed by atoms with Gasteiger partial charge in [-0.3, -0.25) is 34.2 Å². The second-order valence-corrected chi connectivity index (χ2v) is 18.1. The van der Waals surface area contributed by atoms with Crippen LogP contribution in [0, 0.1) is 0 Å². The Bertz CT molecular complexity index is 2540. The molecule has 338 valence electrons. The molecule has 4 aromatic rings. The number of nitrogens with one attached hydrogen (secondary N) is 3. The van der Waals surface area contributed by atoms with E-state index in [2.05, 4.69) is 42.6 Å². The van der Waals surface area contributed by atoms with Crippen LogP contribution in [-0.4, -0.2) is 130 Å². The van der Waals surface area contributed by atoms with Gasteiger partial charge in [0.05, 0.1) is 41.7 Å². The number of aromatic nitrogens is 4. The summed E-state index contributed by atoms with van der Waals surface area (Å²) in [5.41, 5.74) is 2.34. The molecule has 1 aromatic carbocycles. The van der Waals surface area contributed by atoms with Gasteiger partial charge in [-0.25, -0.2) is 9.97 Å². The van der Waals surface area contributed by atoms with Gasteiger partial charge in [-0.05, 0) is 89.3 Å². The highest BCUT2D eigenvalue weighted by molar-refractivity contribution is 6.33. The first kappa shape index (κ1) is 43.4. The fourth-order valence-electron chi connectivity index (χ4n) is 9.62. The van der Waals surface area contributed by atoms with E-state index >= 15 is 0 Å². The van der Waals surface area contributed by atoms with Crippen molar-refractivity contribution in [2.75, 3.05) is 61.5 Å². The van der Waals surface area contributed by atoms with E-state index in [9.17, 15) is 24.0 Å². The van der Waals surface area contributed by atoms with Crippen LogP contribution >= 0.6 is 11.6 Å². The Morgan fingerprint density at radius 1 is 0.969 bits per heavy atom. The molecular formula is C45H54ClN11O7. The minimum absolute atomic E-state index is 0.0917. The molecule has 1 unspecified atom stereocenters. The van der Waals surface area contributed by atoms with Crippen LogP contribution in [0.5, 0.6) is 5.75 Å². The van der Waals surface area contributed by atoms with E-state index in [0.717, 1.165) is 75.1 Å². The van der Waals surface area contributed by atoms with Crippen LogP contribution < -0.4 is 36.0 Å². The Kier molecular flexibility index (Phi) is 12.2. The molecule has 9 rings (SSSR count). The van der Waals surface area contributed by atoms with Gasteiger partial charge in [-0.2, -0.15) is 4.98 Å². The average Bonchev–Trinajstić information content (AvgIpc) is 3.59. The van der Waals surface area contributed by atoms with Crippen molar-refractivity contribution in [2.24, 2.45) is 0 Å². The Balaban J connectivity index is 0.749. The third-order valence-electron chi connectivity index (χ3n) is 13.2. The zero-order valence-electron chi connectivity index (χ0n) is 36.5. The van der Waals surface area contributed by atoms with Gasteiger partial charge in [-0.1, -0.05) is 11.6 Å². The molecule has 3 saturated heterocycles. The summed E-state index contributed by atoms with van der Waals surface area (Å²) in [7, 11) is 1.51. The van der Waals surface area contributed by atoms with Crippen LogP contribution in [-0.2, 0) is 25.7 Å². The van der Waals surface area contributed by atoms with Gasteiger partial charge >= 0.3 is 0 Å². The number of ether oxygens (including phenoxy) is 2. The summed E-state index contributed by atoms with van der Waals surface area (Å²) >= 11 is 6.60. The smallest absolute Gasteiger partial charge is 0.293 e. The lowest BCUT2D eigenvalue weighted by atomic mass is 9.86. The van der Waals surface area contributed by atoms with Crippen molar-refractivity contribution in [3.8, 4) is 5.75 Å². The van der Waals surface area contributed by atoms with Crippen molar-refractivity contribution in [3.05, 3.63) is 69.2 Å². The first-order chi connectivity index (χ1) is 30.8. The summed E-state index contributed by atoms with van der Waals surface area (Å²) in [5, 5.41) is 9.32. The highest BCUT2D eigenvalue weighted by Crippen LogP contribution is 2.35. The number of rotatable bonds is 12. The number of carbonyl (C=O) groups excluding carboxylic acids is 4. The lowest BCUT2D eigenvalue weighted by Gasteiger charge is -2.49. The molecule has 7 heterocycles. The number of benzene rings is 1. The number of halogens is 1. The predicted molar refractivity (Wildman–Crippen MR) is 240 cm³/mol. The van der Waals surface area contributed by atoms with Crippen LogP contribution in [0.2, 0.25) is 5.02 Å². The molecule has 3 aromatic heterocycles. The van der Waals surface area contributed by atoms with Crippen molar-refractivity contribution in [1.82, 2.24) is 40.0 Å². The van der Waals surface area contributed by atoms with Gasteiger partial charge in [0.25, 0.3) is 17.4 Å². The number of likely N-dealkylation sites (N-methyl/N-ethyl adjacent to an activating group) is 1. The number of piperazine rings is 1. The van der Waals surface area contributed by atoms with Crippen molar-refractivity contribution in [3.63, 3.8) is 0 Å². The van der Waals surface area contributed by atoms with E-state index in [0.29, 0.717) is 46.2 Å². The second kappa shape index (κ2) is 18.0. The highest BCUT2D eigenvalue weighted by Gasteiger charge is 2.42. The summed E-state index contributed by atoms with van der Waals surface area (Å²) < 4.78 is 13.9. The summed E-state index contributed by atoms with van der Waals surface area (Å²) in [4.78, 5) is 85.3. The van der Waals surface area contributed by atoms with Gasteiger partial charge in [0, 0.05) is 75.4 Å². The van der Waals surface area contributed by atoms with Crippen molar-refractivity contribution in [2.45, 2.75) is 102 Å². The molecule has 5 aliphatic rings. The van der Waals surface area contributed by atoms with E-state index in [4.69, 9.17) is 31.0 Å². The molecule has 18 nitrogen and oxygen atoms in total. The zero-order chi connectivity index (χ0) is 44.8. The molecule has 19 heteroatoms.